The van der Waals surface area contributed by atoms with E-state index < -0.39 is 0 Å². The topological polar surface area (TPSA) is 87.1 Å². The summed E-state index contributed by atoms with van der Waals surface area (Å²) in [4.78, 5) is 33.0. The zero-order chi connectivity index (χ0) is 20.1. The van der Waals surface area contributed by atoms with Crippen molar-refractivity contribution in [1.82, 2.24) is 24.6 Å². The van der Waals surface area contributed by atoms with Gasteiger partial charge >= 0.3 is 0 Å². The number of nitrogens with one attached hydrogen (secondary N) is 1. The zero-order valence-corrected chi connectivity index (χ0v) is 16.6. The summed E-state index contributed by atoms with van der Waals surface area (Å²) in [5.74, 6) is 1.75. The van der Waals surface area contributed by atoms with E-state index in [0.29, 0.717) is 36.7 Å². The van der Waals surface area contributed by atoms with E-state index in [0.717, 1.165) is 30.1 Å². The Kier molecular flexibility index (Phi) is 4.15. The van der Waals surface area contributed by atoms with E-state index in [1.54, 1.807) is 0 Å². The van der Waals surface area contributed by atoms with E-state index in [4.69, 9.17) is 4.98 Å². The third kappa shape index (κ3) is 2.99. The van der Waals surface area contributed by atoms with E-state index >= 15 is 0 Å². The SMILES string of the molecule is CC(C)n1c(N2CC3CN(C(=O)c4ccc(=O)[nH]n4)CC3C2)nc2ccccc21. The molecule has 4 heterocycles. The lowest BCUT2D eigenvalue weighted by molar-refractivity contribution is 0.0775. The molecular weight excluding hydrogens is 368 g/mol. The van der Waals surface area contributed by atoms with Crippen LogP contribution in [0.3, 0.4) is 0 Å². The third-order valence-corrected chi connectivity index (χ3v) is 6.05. The highest BCUT2D eigenvalue weighted by Crippen LogP contribution is 2.36. The van der Waals surface area contributed by atoms with Crippen molar-refractivity contribution in [3.63, 3.8) is 0 Å². The molecule has 8 heteroatoms. The molecule has 1 aromatic carbocycles. The lowest BCUT2D eigenvalue weighted by atomic mass is 10.0. The molecule has 2 saturated heterocycles. The second-order valence-electron chi connectivity index (χ2n) is 8.31. The lowest BCUT2D eigenvalue weighted by Crippen LogP contribution is -2.35. The quantitative estimate of drug-likeness (QED) is 0.736. The minimum Gasteiger partial charge on any atom is -0.342 e. The number of likely N-dealkylation sites (tertiary alicyclic amines) is 1. The number of anilines is 1. The predicted octanol–water partition coefficient (Wildman–Crippen LogP) is 1.91. The van der Waals surface area contributed by atoms with Gasteiger partial charge in [0.1, 0.15) is 5.69 Å². The van der Waals surface area contributed by atoms with E-state index in [-0.39, 0.29) is 11.5 Å². The summed E-state index contributed by atoms with van der Waals surface area (Å²) in [6.45, 7) is 7.58. The van der Waals surface area contributed by atoms with Crippen LogP contribution in [0.2, 0.25) is 0 Å². The number of benzene rings is 1. The predicted molar refractivity (Wildman–Crippen MR) is 110 cm³/mol. The second kappa shape index (κ2) is 6.72. The van der Waals surface area contributed by atoms with Gasteiger partial charge in [-0.05, 0) is 32.0 Å². The normalized spacial score (nSPS) is 21.3. The molecule has 1 amide bonds. The first-order valence-electron chi connectivity index (χ1n) is 10.1. The smallest absolute Gasteiger partial charge is 0.274 e. The standard InChI is InChI=1S/C21H24N6O2/c1-13(2)27-18-6-4-3-5-16(18)22-21(27)26-11-14-9-25(10-15(14)12-26)20(29)17-7-8-19(28)24-23-17/h3-8,13-15H,9-12H2,1-2H3,(H,24,28). The lowest BCUT2D eigenvalue weighted by Gasteiger charge is -2.24. The minimum absolute atomic E-state index is 0.114. The van der Waals surface area contributed by atoms with Crippen molar-refractivity contribution >= 4 is 22.9 Å². The monoisotopic (exact) mass is 392 g/mol. The molecule has 2 aliphatic rings. The van der Waals surface area contributed by atoms with Crippen LogP contribution in [0.4, 0.5) is 5.95 Å². The van der Waals surface area contributed by atoms with Crippen LogP contribution in [0, 0.1) is 11.8 Å². The first-order valence-corrected chi connectivity index (χ1v) is 10.1. The number of aromatic nitrogens is 4. The summed E-state index contributed by atoms with van der Waals surface area (Å²) in [6.07, 6.45) is 0. The number of aromatic amines is 1. The van der Waals surface area contributed by atoms with Gasteiger partial charge in [0, 0.05) is 50.1 Å². The minimum atomic E-state index is -0.302. The molecule has 29 heavy (non-hydrogen) atoms. The molecule has 1 N–H and O–H groups in total. The van der Waals surface area contributed by atoms with Gasteiger partial charge in [-0.25, -0.2) is 10.1 Å². The van der Waals surface area contributed by atoms with E-state index in [1.807, 2.05) is 11.0 Å². The molecule has 2 atom stereocenters. The Morgan fingerprint density at radius 2 is 1.79 bits per heavy atom. The molecule has 2 unspecified atom stereocenters. The molecule has 5 rings (SSSR count). The number of nitrogens with zero attached hydrogens (tertiary/aromatic N) is 5. The Balaban J connectivity index is 1.35. The van der Waals surface area contributed by atoms with Crippen molar-refractivity contribution in [3.8, 4) is 0 Å². The number of para-hydroxylation sites is 2. The number of rotatable bonds is 3. The molecule has 0 bridgehead atoms. The van der Waals surface area contributed by atoms with Crippen LogP contribution in [0.5, 0.6) is 0 Å². The molecule has 2 aliphatic heterocycles. The van der Waals surface area contributed by atoms with E-state index in [2.05, 4.69) is 51.7 Å². The van der Waals surface area contributed by atoms with Crippen LogP contribution in [0.1, 0.15) is 30.4 Å². The van der Waals surface area contributed by atoms with Crippen LogP contribution >= 0.6 is 0 Å². The van der Waals surface area contributed by atoms with Gasteiger partial charge in [-0.15, -0.1) is 0 Å². The maximum atomic E-state index is 12.7. The summed E-state index contributed by atoms with van der Waals surface area (Å²) in [6, 6.07) is 11.4. The average molecular weight is 392 g/mol. The molecule has 0 saturated carbocycles. The highest BCUT2D eigenvalue weighted by Gasteiger charge is 2.43. The Morgan fingerprint density at radius 3 is 2.45 bits per heavy atom. The Hall–Kier alpha value is -3.16. The van der Waals surface area contributed by atoms with E-state index in [9.17, 15) is 9.59 Å². The van der Waals surface area contributed by atoms with Crippen LogP contribution < -0.4 is 10.5 Å². The summed E-state index contributed by atoms with van der Waals surface area (Å²) < 4.78 is 2.31. The summed E-state index contributed by atoms with van der Waals surface area (Å²) in [7, 11) is 0. The molecule has 8 nitrogen and oxygen atoms in total. The Morgan fingerprint density at radius 1 is 1.07 bits per heavy atom. The van der Waals surface area contributed by atoms with Crippen molar-refractivity contribution in [2.45, 2.75) is 19.9 Å². The Bertz CT molecular complexity index is 1100. The first-order chi connectivity index (χ1) is 14.0. The molecule has 0 aliphatic carbocycles. The number of hydrogen-bond acceptors (Lipinski definition) is 5. The first kappa shape index (κ1) is 17.9. The number of hydrogen-bond donors (Lipinski definition) is 1. The van der Waals surface area contributed by atoms with Gasteiger partial charge in [-0.3, -0.25) is 9.59 Å². The van der Waals surface area contributed by atoms with Crippen LogP contribution in [-0.4, -0.2) is 56.7 Å². The number of fused-ring (bicyclic) bond motifs is 2. The van der Waals surface area contributed by atoms with Crippen molar-refractivity contribution < 1.29 is 4.79 Å². The van der Waals surface area contributed by atoms with Crippen LogP contribution in [0.15, 0.2) is 41.2 Å². The summed E-state index contributed by atoms with van der Waals surface area (Å²) in [5, 5.41) is 6.22. The largest absolute Gasteiger partial charge is 0.342 e. The fourth-order valence-corrected chi connectivity index (χ4v) is 4.71. The van der Waals surface area contributed by atoms with Crippen molar-refractivity contribution in [1.29, 1.82) is 0 Å². The van der Waals surface area contributed by atoms with Gasteiger partial charge < -0.3 is 14.4 Å². The third-order valence-electron chi connectivity index (χ3n) is 6.05. The van der Waals surface area contributed by atoms with Gasteiger partial charge in [0.05, 0.1) is 11.0 Å². The number of carbonyl (C=O) groups excluding carboxylic acids is 1. The number of H-pyrrole nitrogens is 1. The summed E-state index contributed by atoms with van der Waals surface area (Å²) >= 11 is 0. The second-order valence-corrected chi connectivity index (χ2v) is 8.31. The zero-order valence-electron chi connectivity index (χ0n) is 16.6. The molecule has 2 aromatic heterocycles. The van der Waals surface area contributed by atoms with Gasteiger partial charge in [-0.1, -0.05) is 12.1 Å². The fourth-order valence-electron chi connectivity index (χ4n) is 4.71. The molecule has 0 radical (unpaired) electrons. The van der Waals surface area contributed by atoms with Gasteiger partial charge in [0.15, 0.2) is 0 Å². The molecular formula is C21H24N6O2. The van der Waals surface area contributed by atoms with Gasteiger partial charge in [-0.2, -0.15) is 5.10 Å². The molecule has 150 valence electrons. The van der Waals surface area contributed by atoms with E-state index in [1.165, 1.54) is 12.1 Å². The van der Waals surface area contributed by atoms with Crippen molar-refractivity contribution in [3.05, 3.63) is 52.4 Å². The molecule has 3 aromatic rings. The summed E-state index contributed by atoms with van der Waals surface area (Å²) in [5.41, 5.74) is 2.18. The number of imidazole rings is 1. The maximum Gasteiger partial charge on any atom is 0.274 e. The van der Waals surface area contributed by atoms with Gasteiger partial charge in [0.2, 0.25) is 5.95 Å². The average Bonchev–Trinajstić information content (AvgIpc) is 3.38. The number of amides is 1. The molecule has 2 fully saturated rings. The highest BCUT2D eigenvalue weighted by atomic mass is 16.2. The molecule has 0 spiro atoms. The van der Waals surface area contributed by atoms with Crippen molar-refractivity contribution in [2.24, 2.45) is 11.8 Å². The highest BCUT2D eigenvalue weighted by molar-refractivity contribution is 5.92. The fraction of sp³-hybridized carbons (Fsp3) is 0.429. The Labute approximate surface area is 168 Å². The van der Waals surface area contributed by atoms with Crippen LogP contribution in [0.25, 0.3) is 11.0 Å². The van der Waals surface area contributed by atoms with Crippen LogP contribution in [-0.2, 0) is 0 Å². The number of carbonyl (C=O) groups is 1. The maximum absolute atomic E-state index is 12.7. The van der Waals surface area contributed by atoms with Crippen molar-refractivity contribution in [2.75, 3.05) is 31.1 Å². The van der Waals surface area contributed by atoms with Gasteiger partial charge in [0.25, 0.3) is 11.5 Å².